The predicted molar refractivity (Wildman–Crippen MR) is 57.0 cm³/mol. The van der Waals surface area contributed by atoms with Gasteiger partial charge in [-0.25, -0.2) is 4.98 Å². The Morgan fingerprint density at radius 2 is 2.57 bits per heavy atom. The highest BCUT2D eigenvalue weighted by Crippen LogP contribution is 2.17. The lowest BCUT2D eigenvalue weighted by atomic mass is 10.1. The Morgan fingerprint density at radius 3 is 3.21 bits per heavy atom. The third kappa shape index (κ3) is 2.43. The summed E-state index contributed by atoms with van der Waals surface area (Å²) in [5.74, 6) is 0.600. The van der Waals surface area contributed by atoms with Gasteiger partial charge in [0.15, 0.2) is 0 Å². The molecule has 0 saturated carbocycles. The van der Waals surface area contributed by atoms with Gasteiger partial charge in [0, 0.05) is 11.9 Å². The van der Waals surface area contributed by atoms with E-state index in [9.17, 15) is 5.11 Å². The molecule has 1 aliphatic heterocycles. The molecule has 1 unspecified atom stereocenters. The van der Waals surface area contributed by atoms with Gasteiger partial charge in [0.2, 0.25) is 0 Å². The van der Waals surface area contributed by atoms with Crippen molar-refractivity contribution in [1.82, 2.24) is 9.88 Å². The average molecular weight is 213 g/mol. The van der Waals surface area contributed by atoms with Crippen LogP contribution in [0.15, 0.2) is 5.38 Å². The van der Waals surface area contributed by atoms with Gasteiger partial charge < -0.3 is 10.8 Å². The molecule has 14 heavy (non-hydrogen) atoms. The van der Waals surface area contributed by atoms with E-state index in [0.29, 0.717) is 5.82 Å². The number of thiazole rings is 1. The third-order valence-electron chi connectivity index (χ3n) is 2.41. The van der Waals surface area contributed by atoms with E-state index >= 15 is 0 Å². The summed E-state index contributed by atoms with van der Waals surface area (Å²) in [6, 6.07) is 0. The van der Waals surface area contributed by atoms with Crippen LogP contribution < -0.4 is 5.73 Å². The normalized spacial score (nSPS) is 23.9. The Labute approximate surface area is 87.4 Å². The van der Waals surface area contributed by atoms with Crippen LogP contribution in [0.1, 0.15) is 17.8 Å². The maximum Gasteiger partial charge on any atom is 0.134 e. The second-order valence-electron chi connectivity index (χ2n) is 3.70. The van der Waals surface area contributed by atoms with Crippen molar-refractivity contribution in [3.63, 3.8) is 0 Å². The first-order valence-corrected chi connectivity index (χ1v) is 5.72. The minimum Gasteiger partial charge on any atom is -0.392 e. The molecule has 0 spiro atoms. The molecule has 0 bridgehead atoms. The highest BCUT2D eigenvalue weighted by Gasteiger charge is 2.18. The fourth-order valence-electron chi connectivity index (χ4n) is 1.76. The number of nitrogens with zero attached hydrogens (tertiary/aromatic N) is 2. The highest BCUT2D eigenvalue weighted by atomic mass is 32.1. The van der Waals surface area contributed by atoms with Gasteiger partial charge in [-0.2, -0.15) is 0 Å². The largest absolute Gasteiger partial charge is 0.392 e. The summed E-state index contributed by atoms with van der Waals surface area (Å²) in [6.45, 7) is 2.63. The zero-order valence-electron chi connectivity index (χ0n) is 8.02. The Balaban J connectivity index is 1.90. The molecule has 3 N–H and O–H groups in total. The van der Waals surface area contributed by atoms with Crippen molar-refractivity contribution in [1.29, 1.82) is 0 Å². The molecule has 1 saturated heterocycles. The van der Waals surface area contributed by atoms with Crippen LogP contribution in [-0.2, 0) is 6.54 Å². The standard InChI is InChI=1S/C9H15N3OS/c10-8-6-14-9(11-8)5-12-3-1-2-7(13)4-12/h6-7,13H,1-5,10H2. The molecule has 1 fully saturated rings. The Kier molecular flexibility index (Phi) is 3.00. The number of nitrogens with two attached hydrogens (primary N) is 1. The van der Waals surface area contributed by atoms with Crippen molar-refractivity contribution in [2.24, 2.45) is 0 Å². The summed E-state index contributed by atoms with van der Waals surface area (Å²) in [7, 11) is 0. The molecule has 1 atom stereocenters. The van der Waals surface area contributed by atoms with E-state index in [2.05, 4.69) is 9.88 Å². The number of hydrogen-bond donors (Lipinski definition) is 2. The van der Waals surface area contributed by atoms with Crippen LogP contribution in [-0.4, -0.2) is 34.2 Å². The van der Waals surface area contributed by atoms with Gasteiger partial charge in [0.05, 0.1) is 12.6 Å². The summed E-state index contributed by atoms with van der Waals surface area (Å²) in [6.07, 6.45) is 1.83. The molecule has 0 aromatic carbocycles. The summed E-state index contributed by atoms with van der Waals surface area (Å²) in [5, 5.41) is 12.4. The van der Waals surface area contributed by atoms with Crippen LogP contribution in [0.4, 0.5) is 5.82 Å². The van der Waals surface area contributed by atoms with Crippen LogP contribution in [0.3, 0.4) is 0 Å². The molecule has 0 radical (unpaired) electrons. The molecule has 2 heterocycles. The number of β-amino-alcohol motifs (C(OH)–C–C–N with tert-alkyl or cyclic N) is 1. The van der Waals surface area contributed by atoms with E-state index < -0.39 is 0 Å². The van der Waals surface area contributed by atoms with Crippen molar-refractivity contribution in [2.75, 3.05) is 18.8 Å². The molecule has 0 amide bonds. The van der Waals surface area contributed by atoms with Crippen LogP contribution in [0.2, 0.25) is 0 Å². The second kappa shape index (κ2) is 4.25. The number of aliphatic hydroxyl groups is 1. The third-order valence-corrected chi connectivity index (χ3v) is 3.26. The van der Waals surface area contributed by atoms with Crippen molar-refractivity contribution >= 4 is 17.2 Å². The molecule has 5 heteroatoms. The van der Waals surface area contributed by atoms with Crippen LogP contribution in [0, 0.1) is 0 Å². The Bertz CT molecular complexity index is 302. The number of rotatable bonds is 2. The van der Waals surface area contributed by atoms with E-state index in [1.807, 2.05) is 5.38 Å². The smallest absolute Gasteiger partial charge is 0.134 e. The van der Waals surface area contributed by atoms with E-state index in [1.54, 1.807) is 11.3 Å². The predicted octanol–water partition coefficient (Wildman–Crippen LogP) is 0.682. The van der Waals surface area contributed by atoms with Crippen LogP contribution in [0.25, 0.3) is 0 Å². The van der Waals surface area contributed by atoms with Crippen LogP contribution in [0.5, 0.6) is 0 Å². The number of anilines is 1. The van der Waals surface area contributed by atoms with Gasteiger partial charge in [-0.15, -0.1) is 11.3 Å². The van der Waals surface area contributed by atoms with Gasteiger partial charge >= 0.3 is 0 Å². The number of aromatic nitrogens is 1. The molecule has 1 aromatic rings. The molecule has 1 aromatic heterocycles. The quantitative estimate of drug-likeness (QED) is 0.758. The van der Waals surface area contributed by atoms with Gasteiger partial charge in [0.1, 0.15) is 10.8 Å². The average Bonchev–Trinajstić information content (AvgIpc) is 2.51. The number of aliphatic hydroxyl groups excluding tert-OH is 1. The van der Waals surface area contributed by atoms with Crippen molar-refractivity contribution < 1.29 is 5.11 Å². The molecule has 4 nitrogen and oxygen atoms in total. The first-order valence-electron chi connectivity index (χ1n) is 4.84. The fraction of sp³-hybridized carbons (Fsp3) is 0.667. The van der Waals surface area contributed by atoms with Gasteiger partial charge in [-0.3, -0.25) is 4.90 Å². The molecule has 1 aliphatic rings. The summed E-state index contributed by atoms with van der Waals surface area (Å²) in [4.78, 5) is 6.43. The minimum absolute atomic E-state index is 0.166. The molecular formula is C9H15N3OS. The molecule has 0 aliphatic carbocycles. The Morgan fingerprint density at radius 1 is 1.71 bits per heavy atom. The lowest BCUT2D eigenvalue weighted by Gasteiger charge is -2.28. The number of hydrogen-bond acceptors (Lipinski definition) is 5. The Hall–Kier alpha value is -0.650. The minimum atomic E-state index is -0.166. The monoisotopic (exact) mass is 213 g/mol. The van der Waals surface area contributed by atoms with E-state index in [4.69, 9.17) is 5.73 Å². The fourth-order valence-corrected chi connectivity index (χ4v) is 2.49. The zero-order chi connectivity index (χ0) is 9.97. The van der Waals surface area contributed by atoms with Crippen molar-refractivity contribution in [3.05, 3.63) is 10.4 Å². The second-order valence-corrected chi connectivity index (χ2v) is 4.64. The maximum absolute atomic E-state index is 9.48. The maximum atomic E-state index is 9.48. The topological polar surface area (TPSA) is 62.4 Å². The van der Waals surface area contributed by atoms with Gasteiger partial charge in [-0.05, 0) is 19.4 Å². The van der Waals surface area contributed by atoms with E-state index in [0.717, 1.165) is 37.5 Å². The lowest BCUT2D eigenvalue weighted by Crippen LogP contribution is -2.37. The van der Waals surface area contributed by atoms with Crippen molar-refractivity contribution in [2.45, 2.75) is 25.5 Å². The van der Waals surface area contributed by atoms with Gasteiger partial charge in [0.25, 0.3) is 0 Å². The first kappa shape index (κ1) is 9.89. The van der Waals surface area contributed by atoms with Crippen LogP contribution >= 0.6 is 11.3 Å². The summed E-state index contributed by atoms with van der Waals surface area (Å²) in [5.41, 5.74) is 5.54. The number of nitrogen functional groups attached to an aromatic ring is 1. The first-order chi connectivity index (χ1) is 6.74. The highest BCUT2D eigenvalue weighted by molar-refractivity contribution is 7.09. The van der Waals surface area contributed by atoms with E-state index in [-0.39, 0.29) is 6.10 Å². The SMILES string of the molecule is Nc1csc(CN2CCCC(O)C2)n1. The summed E-state index contributed by atoms with van der Waals surface area (Å²) >= 11 is 1.59. The molecular weight excluding hydrogens is 198 g/mol. The molecule has 78 valence electrons. The van der Waals surface area contributed by atoms with Gasteiger partial charge in [-0.1, -0.05) is 0 Å². The lowest BCUT2D eigenvalue weighted by molar-refractivity contribution is 0.0668. The molecule has 2 rings (SSSR count). The number of likely N-dealkylation sites (tertiary alicyclic amines) is 1. The van der Waals surface area contributed by atoms with Crippen molar-refractivity contribution in [3.8, 4) is 0 Å². The zero-order valence-corrected chi connectivity index (χ0v) is 8.83. The summed E-state index contributed by atoms with van der Waals surface area (Å²) < 4.78 is 0. The van der Waals surface area contributed by atoms with E-state index in [1.165, 1.54) is 0 Å². The number of piperidine rings is 1.